The summed E-state index contributed by atoms with van der Waals surface area (Å²) in [6.07, 6.45) is 0.221. The van der Waals surface area contributed by atoms with Crippen LogP contribution < -0.4 is 15.6 Å². The average molecular weight is 336 g/mol. The van der Waals surface area contributed by atoms with Crippen molar-refractivity contribution in [2.45, 2.75) is 19.9 Å². The number of amides is 1. The molecule has 0 fully saturated rings. The summed E-state index contributed by atoms with van der Waals surface area (Å²) in [5, 5.41) is 3.86. The number of carbonyl (C=O) groups excluding carboxylic acids is 1. The Morgan fingerprint density at radius 1 is 1.12 bits per heavy atom. The fraction of sp³-hybridized carbons (Fsp3) is 0.200. The summed E-state index contributed by atoms with van der Waals surface area (Å²) < 4.78 is 6.74. The van der Waals surface area contributed by atoms with E-state index in [1.807, 2.05) is 31.2 Å². The molecule has 3 rings (SSSR count). The number of nitrogens with zero attached hydrogens (tertiary/aromatic N) is 1. The highest BCUT2D eigenvalue weighted by molar-refractivity contribution is 5.91. The monoisotopic (exact) mass is 336 g/mol. The van der Waals surface area contributed by atoms with Gasteiger partial charge in [-0.05, 0) is 42.8 Å². The molecular formula is C20H20N2O3. The predicted molar refractivity (Wildman–Crippen MR) is 99.2 cm³/mol. The number of carbonyl (C=O) groups is 1. The zero-order valence-electron chi connectivity index (χ0n) is 14.3. The second-order valence-corrected chi connectivity index (χ2v) is 5.86. The molecular weight excluding hydrogens is 316 g/mol. The van der Waals surface area contributed by atoms with Gasteiger partial charge in [-0.25, -0.2) is 0 Å². The Kier molecular flexibility index (Phi) is 4.84. The fourth-order valence-electron chi connectivity index (χ4n) is 2.84. The first-order valence-electron chi connectivity index (χ1n) is 8.11. The maximum atomic E-state index is 12.3. The fourth-order valence-corrected chi connectivity index (χ4v) is 2.84. The molecule has 25 heavy (non-hydrogen) atoms. The molecule has 0 saturated carbocycles. The van der Waals surface area contributed by atoms with Crippen molar-refractivity contribution in [2.24, 2.45) is 0 Å². The Balaban J connectivity index is 1.74. The smallest absolute Gasteiger partial charge is 0.251 e. The lowest BCUT2D eigenvalue weighted by Gasteiger charge is -2.12. The first-order valence-corrected chi connectivity index (χ1v) is 8.11. The van der Waals surface area contributed by atoms with E-state index in [1.165, 1.54) is 0 Å². The molecule has 5 heteroatoms. The molecule has 1 aromatic heterocycles. The molecule has 0 aliphatic heterocycles. The number of benzene rings is 2. The largest absolute Gasteiger partial charge is 0.497 e. The number of pyridine rings is 1. The number of rotatable bonds is 5. The maximum absolute atomic E-state index is 12.3. The zero-order valence-corrected chi connectivity index (χ0v) is 14.3. The van der Waals surface area contributed by atoms with E-state index in [0.717, 1.165) is 22.2 Å². The van der Waals surface area contributed by atoms with E-state index >= 15 is 0 Å². The Morgan fingerprint density at radius 2 is 1.84 bits per heavy atom. The average Bonchev–Trinajstić information content (AvgIpc) is 2.62. The van der Waals surface area contributed by atoms with Crippen molar-refractivity contribution < 1.29 is 9.53 Å². The van der Waals surface area contributed by atoms with Gasteiger partial charge in [0.05, 0.1) is 12.6 Å². The Morgan fingerprint density at radius 3 is 2.56 bits per heavy atom. The number of fused-ring (bicyclic) bond motifs is 1. The predicted octanol–water partition coefficient (Wildman–Crippen LogP) is 3.35. The van der Waals surface area contributed by atoms with E-state index in [0.29, 0.717) is 12.2 Å². The number of hydrogen-bond donors (Lipinski definition) is 1. The van der Waals surface area contributed by atoms with Gasteiger partial charge < -0.3 is 14.6 Å². The van der Waals surface area contributed by atoms with E-state index in [-0.39, 0.29) is 17.9 Å². The summed E-state index contributed by atoms with van der Waals surface area (Å²) in [7, 11) is 1.59. The van der Waals surface area contributed by atoms with Crippen molar-refractivity contribution in [2.75, 3.05) is 12.4 Å². The molecule has 0 atom stereocenters. The van der Waals surface area contributed by atoms with Gasteiger partial charge in [-0.15, -0.1) is 0 Å². The van der Waals surface area contributed by atoms with Crippen LogP contribution in [0.2, 0.25) is 0 Å². The van der Waals surface area contributed by atoms with Gasteiger partial charge in [0.15, 0.2) is 0 Å². The van der Waals surface area contributed by atoms with Gasteiger partial charge in [0.25, 0.3) is 5.56 Å². The molecule has 0 spiro atoms. The molecule has 0 aliphatic carbocycles. The van der Waals surface area contributed by atoms with Crippen LogP contribution in [0.5, 0.6) is 5.75 Å². The number of aromatic nitrogens is 1. The molecule has 0 bridgehead atoms. The number of para-hydroxylation sites is 1. The van der Waals surface area contributed by atoms with Crippen molar-refractivity contribution in [1.82, 2.24) is 4.57 Å². The first kappa shape index (κ1) is 16.8. The van der Waals surface area contributed by atoms with Gasteiger partial charge >= 0.3 is 0 Å². The topological polar surface area (TPSA) is 60.3 Å². The summed E-state index contributed by atoms with van der Waals surface area (Å²) in [4.78, 5) is 24.5. The number of nitrogens with one attached hydrogen (secondary N) is 1. The third-order valence-corrected chi connectivity index (χ3v) is 4.16. The van der Waals surface area contributed by atoms with Gasteiger partial charge in [-0.3, -0.25) is 9.59 Å². The molecule has 0 unspecified atom stereocenters. The molecule has 2 aromatic carbocycles. The van der Waals surface area contributed by atoms with Crippen LogP contribution in [-0.2, 0) is 11.3 Å². The second kappa shape index (κ2) is 7.21. The van der Waals surface area contributed by atoms with E-state index in [1.54, 1.807) is 42.0 Å². The molecule has 1 heterocycles. The number of anilines is 1. The van der Waals surface area contributed by atoms with Gasteiger partial charge in [0.2, 0.25) is 5.91 Å². The summed E-state index contributed by atoms with van der Waals surface area (Å²) in [5.74, 6) is 0.595. The Hall–Kier alpha value is -3.08. The normalized spacial score (nSPS) is 10.6. The number of aryl methyl sites for hydroxylation is 2. The van der Waals surface area contributed by atoms with Crippen LogP contribution in [0.1, 0.15) is 12.0 Å². The van der Waals surface area contributed by atoms with Gasteiger partial charge in [-0.2, -0.15) is 0 Å². The molecule has 1 amide bonds. The Bertz CT molecular complexity index is 959. The highest BCUT2D eigenvalue weighted by Crippen LogP contribution is 2.17. The second-order valence-electron chi connectivity index (χ2n) is 5.86. The van der Waals surface area contributed by atoms with E-state index in [9.17, 15) is 9.59 Å². The third-order valence-electron chi connectivity index (χ3n) is 4.16. The van der Waals surface area contributed by atoms with E-state index in [4.69, 9.17) is 4.74 Å². The SMILES string of the molecule is COc1ccc(NC(=O)CCn2c(=O)cc(C)c3ccccc32)cc1. The molecule has 128 valence electrons. The lowest BCUT2D eigenvalue weighted by molar-refractivity contribution is -0.116. The molecule has 0 saturated heterocycles. The van der Waals surface area contributed by atoms with Crippen molar-refractivity contribution in [3.05, 3.63) is 70.5 Å². The van der Waals surface area contributed by atoms with Crippen molar-refractivity contribution in [3.8, 4) is 5.75 Å². The van der Waals surface area contributed by atoms with Crippen LogP contribution in [0.15, 0.2) is 59.4 Å². The highest BCUT2D eigenvalue weighted by Gasteiger charge is 2.08. The summed E-state index contributed by atoms with van der Waals surface area (Å²) >= 11 is 0. The lowest BCUT2D eigenvalue weighted by atomic mass is 10.1. The minimum atomic E-state index is -0.137. The van der Waals surface area contributed by atoms with Gasteiger partial charge in [0, 0.05) is 30.1 Å². The molecule has 1 N–H and O–H groups in total. The van der Waals surface area contributed by atoms with Crippen LogP contribution >= 0.6 is 0 Å². The first-order chi connectivity index (χ1) is 12.1. The Labute approximate surface area is 145 Å². The number of ether oxygens (including phenoxy) is 1. The molecule has 0 aliphatic rings. The van der Waals surface area contributed by atoms with Crippen LogP contribution in [-0.4, -0.2) is 17.6 Å². The minimum Gasteiger partial charge on any atom is -0.497 e. The zero-order chi connectivity index (χ0) is 17.8. The lowest BCUT2D eigenvalue weighted by Crippen LogP contribution is -2.23. The maximum Gasteiger partial charge on any atom is 0.251 e. The number of hydrogen-bond acceptors (Lipinski definition) is 3. The molecule has 3 aromatic rings. The molecule has 0 radical (unpaired) electrons. The van der Waals surface area contributed by atoms with Crippen LogP contribution in [0.3, 0.4) is 0 Å². The highest BCUT2D eigenvalue weighted by atomic mass is 16.5. The van der Waals surface area contributed by atoms with Gasteiger partial charge in [-0.1, -0.05) is 18.2 Å². The third kappa shape index (κ3) is 3.71. The molecule has 5 nitrogen and oxygen atoms in total. The quantitative estimate of drug-likeness (QED) is 0.777. The van der Waals surface area contributed by atoms with Crippen molar-refractivity contribution in [3.63, 3.8) is 0 Å². The van der Waals surface area contributed by atoms with Crippen molar-refractivity contribution >= 4 is 22.5 Å². The van der Waals surface area contributed by atoms with E-state index in [2.05, 4.69) is 5.32 Å². The summed E-state index contributed by atoms with van der Waals surface area (Å²) in [6.45, 7) is 2.26. The van der Waals surface area contributed by atoms with Crippen molar-refractivity contribution in [1.29, 1.82) is 0 Å². The van der Waals surface area contributed by atoms with Gasteiger partial charge in [0.1, 0.15) is 5.75 Å². The van der Waals surface area contributed by atoms with Crippen LogP contribution in [0, 0.1) is 6.92 Å². The van der Waals surface area contributed by atoms with Crippen LogP contribution in [0.4, 0.5) is 5.69 Å². The summed E-state index contributed by atoms with van der Waals surface area (Å²) in [5.41, 5.74) is 2.41. The minimum absolute atomic E-state index is 0.0894. The standard InChI is InChI=1S/C20H20N2O3/c1-14-13-20(24)22(18-6-4-3-5-17(14)18)12-11-19(23)21-15-7-9-16(25-2)10-8-15/h3-10,13H,11-12H2,1-2H3,(H,21,23). The van der Waals surface area contributed by atoms with Crippen LogP contribution in [0.25, 0.3) is 10.9 Å². The number of methoxy groups -OCH3 is 1. The van der Waals surface area contributed by atoms with E-state index < -0.39 is 0 Å². The summed E-state index contributed by atoms with van der Waals surface area (Å²) in [6, 6.07) is 16.5.